The third-order valence-electron chi connectivity index (χ3n) is 16.6. The first-order chi connectivity index (χ1) is 45.5. The van der Waals surface area contributed by atoms with Gasteiger partial charge >= 0.3 is 6.03 Å². The molecule has 0 saturated carbocycles. The first kappa shape index (κ1) is 71.1. The zero-order valence-electron chi connectivity index (χ0n) is 53.1. The number of aromatic nitrogens is 2. The molecule has 0 spiro atoms. The van der Waals surface area contributed by atoms with Crippen LogP contribution in [0.15, 0.2) is 97.1 Å². The number of phenolic OH excluding ortho intramolecular Hbond substituents is 1. The van der Waals surface area contributed by atoms with Crippen molar-refractivity contribution in [3.63, 3.8) is 0 Å². The number of likely N-dealkylation sites (N-methyl/N-ethyl adjacent to an activating group) is 1. The van der Waals surface area contributed by atoms with Crippen LogP contribution in [0.5, 0.6) is 11.5 Å². The number of rotatable bonds is 28. The number of urea groups is 1. The van der Waals surface area contributed by atoms with Crippen molar-refractivity contribution in [3.8, 4) is 28.7 Å². The van der Waals surface area contributed by atoms with Crippen molar-refractivity contribution >= 4 is 97.7 Å². The van der Waals surface area contributed by atoms with Gasteiger partial charge in [0.25, 0.3) is 5.91 Å². The number of halogens is 6. The molecule has 1 aromatic heterocycles. The van der Waals surface area contributed by atoms with Crippen LogP contribution < -0.4 is 36.6 Å². The van der Waals surface area contributed by atoms with Crippen LogP contribution in [0.3, 0.4) is 0 Å². The minimum absolute atomic E-state index is 0.0248. The zero-order chi connectivity index (χ0) is 68.1. The number of piperazine rings is 1. The van der Waals surface area contributed by atoms with Crippen molar-refractivity contribution in [1.82, 2.24) is 30.4 Å². The van der Waals surface area contributed by atoms with Gasteiger partial charge in [0.15, 0.2) is 5.82 Å². The second-order valence-electron chi connectivity index (χ2n) is 24.1. The van der Waals surface area contributed by atoms with E-state index in [1.54, 1.807) is 19.2 Å². The predicted octanol–water partition coefficient (Wildman–Crippen LogP) is 10.5. The van der Waals surface area contributed by atoms with E-state index in [0.29, 0.717) is 80.1 Å². The fourth-order valence-corrected chi connectivity index (χ4v) is 12.6. The number of primary amides is 1. The van der Waals surface area contributed by atoms with Crippen molar-refractivity contribution in [3.05, 3.63) is 146 Å². The lowest BCUT2D eigenvalue weighted by Gasteiger charge is -2.37. The van der Waals surface area contributed by atoms with Crippen LogP contribution in [0.1, 0.15) is 61.0 Å². The number of nitrogens with one attached hydrogen (secondary N) is 4. The van der Waals surface area contributed by atoms with Crippen LogP contribution in [-0.2, 0) is 34.0 Å². The fraction of sp³-hybridized carbons (Fsp3) is 0.397. The Morgan fingerprint density at radius 3 is 2.18 bits per heavy atom. The summed E-state index contributed by atoms with van der Waals surface area (Å²) in [5, 5.41) is 35.5. The number of carbonyl (C=O) groups excluding carboxylic acids is 4. The Bertz CT molecular complexity index is 3990. The molecule has 27 heteroatoms. The van der Waals surface area contributed by atoms with Crippen LogP contribution >= 0.6 is 34.8 Å². The maximum atomic E-state index is 17.0. The lowest BCUT2D eigenvalue weighted by Crippen LogP contribution is -2.50. The molecule has 504 valence electrons. The molecule has 5 amide bonds. The van der Waals surface area contributed by atoms with Gasteiger partial charge in [-0.05, 0) is 88.3 Å². The van der Waals surface area contributed by atoms with Gasteiger partial charge in [-0.25, -0.2) is 22.9 Å². The van der Waals surface area contributed by atoms with Crippen LogP contribution in [-0.4, -0.2) is 174 Å². The number of carbonyl (C=O) groups is 4. The van der Waals surface area contributed by atoms with Gasteiger partial charge < -0.3 is 70.5 Å². The molecular formula is C68H75Cl3F3N11O10. The Hall–Kier alpha value is -8.25. The highest BCUT2D eigenvalue weighted by Crippen LogP contribution is 2.53. The molecule has 2 saturated heterocycles. The molecule has 2 aliphatic heterocycles. The molecule has 9 rings (SSSR count). The monoisotopic (exact) mass is 1370 g/mol. The molecule has 0 aliphatic carbocycles. The SMILES string of the molecule is COc1cc(C(=O)NCCOCCOCCOCCOCCN(C)C(=O)CCNc2nc(N3CCN(C(N)=O)CC3)c3cc(Cl)c(-c4cc(O)cc5ccccc45)c(F)c3n2)ccc1NC(=O)[C@@H]1N[C@@H](CC(C)(C)C)[C@](C#N)(c2ccc(Cl)cc2F)[C@H]1c1cccc(Cl)c1F. The van der Waals surface area contributed by atoms with E-state index >= 15 is 13.2 Å². The van der Waals surface area contributed by atoms with Crippen LogP contribution in [0, 0.1) is 34.2 Å². The quantitative estimate of drug-likeness (QED) is 0.0249. The summed E-state index contributed by atoms with van der Waals surface area (Å²) in [6.07, 6.45) is 0.337. The summed E-state index contributed by atoms with van der Waals surface area (Å²) in [7, 11) is 3.03. The molecule has 7 aromatic rings. The summed E-state index contributed by atoms with van der Waals surface area (Å²) in [6.45, 7) is 9.89. The van der Waals surface area contributed by atoms with Gasteiger partial charge in [-0.2, -0.15) is 10.2 Å². The van der Waals surface area contributed by atoms with Crippen molar-refractivity contribution < 1.29 is 61.1 Å². The zero-order valence-corrected chi connectivity index (χ0v) is 55.4. The molecule has 2 fully saturated rings. The number of amides is 5. The lowest BCUT2D eigenvalue weighted by atomic mass is 9.62. The molecule has 0 bridgehead atoms. The maximum Gasteiger partial charge on any atom is 0.314 e. The van der Waals surface area contributed by atoms with Crippen LogP contribution in [0.4, 0.5) is 35.4 Å². The number of methoxy groups -OCH3 is 1. The molecule has 4 atom stereocenters. The second kappa shape index (κ2) is 32.0. The standard InChI is InChI=1S/C68H75Cl3F3N11O10/c1-67(2,3)38-54-68(39-75,48-15-14-42(69)35-51(48)72)57(45-11-8-12-49(70)58(45)73)61(80-54)64(89)79-52-16-13-41(34-53(52)91-5)63(88)77-19-25-92-27-29-94-31-32-95-30-28-93-26-24-83(4)55(87)17-18-78-66-81-60-47(62(82-66)84-20-22-85(23-21-84)65(76)90)37-50(71)56(59(60)74)46-36-43(86)33-40-9-6-7-10-44(40)46/h6-16,33-37,54,57,61,80,86H,17-32,38H2,1-5H3,(H2,76,90)(H,77,88)(H,79,89)(H,78,81,82)/t54-,57-,61+,68-/m0/s1. The predicted molar refractivity (Wildman–Crippen MR) is 358 cm³/mol. The number of nitrogens with zero attached hydrogens (tertiary/aromatic N) is 6. The van der Waals surface area contributed by atoms with E-state index in [-0.39, 0.29) is 131 Å². The Morgan fingerprint density at radius 1 is 0.811 bits per heavy atom. The molecule has 3 heterocycles. The van der Waals surface area contributed by atoms with Gasteiger partial charge in [0.05, 0.1) is 87.8 Å². The summed E-state index contributed by atoms with van der Waals surface area (Å²) in [6, 6.07) is 24.1. The number of fused-ring (bicyclic) bond motifs is 2. The third-order valence-corrected chi connectivity index (χ3v) is 17.4. The first-order valence-electron chi connectivity index (χ1n) is 30.9. The van der Waals surface area contributed by atoms with E-state index in [1.807, 2.05) is 49.9 Å². The molecule has 0 radical (unpaired) electrons. The Labute approximate surface area is 563 Å². The number of ether oxygens (including phenoxy) is 5. The van der Waals surface area contributed by atoms with Gasteiger partial charge in [-0.1, -0.05) is 98.0 Å². The number of aromatic hydroxyl groups is 1. The fourth-order valence-electron chi connectivity index (χ4n) is 12.0. The number of nitriles is 1. The maximum absolute atomic E-state index is 17.0. The number of hydrogen-bond donors (Lipinski definition) is 6. The van der Waals surface area contributed by atoms with Crippen molar-refractivity contribution in [2.24, 2.45) is 11.1 Å². The van der Waals surface area contributed by atoms with Crippen LogP contribution in [0.2, 0.25) is 15.1 Å². The molecular weight excluding hydrogens is 1290 g/mol. The Morgan fingerprint density at radius 2 is 1.51 bits per heavy atom. The molecule has 0 unspecified atom stereocenters. The van der Waals surface area contributed by atoms with Gasteiger partial charge in [0.2, 0.25) is 17.8 Å². The second-order valence-corrected chi connectivity index (χ2v) is 25.4. The average molecular weight is 1370 g/mol. The van der Waals surface area contributed by atoms with Gasteiger partial charge in [-0.3, -0.25) is 14.4 Å². The smallest absolute Gasteiger partial charge is 0.314 e. The van der Waals surface area contributed by atoms with Gasteiger partial charge in [0.1, 0.15) is 39.9 Å². The highest BCUT2D eigenvalue weighted by molar-refractivity contribution is 6.35. The first-order valence-corrected chi connectivity index (χ1v) is 32.0. The van der Waals surface area contributed by atoms with Crippen molar-refractivity contribution in [1.29, 1.82) is 5.26 Å². The van der Waals surface area contributed by atoms with E-state index in [4.69, 9.17) is 69.2 Å². The number of benzene rings is 6. The molecule has 21 nitrogen and oxygen atoms in total. The lowest BCUT2D eigenvalue weighted by molar-refractivity contribution is -0.130. The van der Waals surface area contributed by atoms with Gasteiger partial charge in [0, 0.05) is 98.3 Å². The highest BCUT2D eigenvalue weighted by Gasteiger charge is 2.61. The van der Waals surface area contributed by atoms with E-state index in [0.717, 1.165) is 6.07 Å². The van der Waals surface area contributed by atoms with Crippen LogP contribution in [0.25, 0.3) is 32.8 Å². The summed E-state index contributed by atoms with van der Waals surface area (Å²) >= 11 is 19.3. The number of nitrogens with two attached hydrogens (primary N) is 1. The number of phenols is 1. The van der Waals surface area contributed by atoms with Gasteiger partial charge in [-0.15, -0.1) is 0 Å². The largest absolute Gasteiger partial charge is 0.508 e. The third kappa shape index (κ3) is 16.9. The summed E-state index contributed by atoms with van der Waals surface area (Å²) in [5.74, 6) is -4.44. The highest BCUT2D eigenvalue weighted by atomic mass is 35.5. The molecule has 6 aromatic carbocycles. The van der Waals surface area contributed by atoms with E-state index in [1.165, 1.54) is 71.5 Å². The summed E-state index contributed by atoms with van der Waals surface area (Å²) < 4.78 is 77.4. The van der Waals surface area contributed by atoms with Crippen molar-refractivity contribution in [2.75, 3.05) is 128 Å². The Balaban J connectivity index is 0.671. The summed E-state index contributed by atoms with van der Waals surface area (Å²) in [5.41, 5.74) is 3.94. The Kier molecular flexibility index (Phi) is 23.9. The molecule has 7 N–H and O–H groups in total. The van der Waals surface area contributed by atoms with E-state index < -0.39 is 64.1 Å². The van der Waals surface area contributed by atoms with E-state index in [2.05, 4.69) is 32.3 Å². The normalized spacial score (nSPS) is 17.2. The van der Waals surface area contributed by atoms with E-state index in [9.17, 15) is 29.5 Å². The number of hydrogen-bond acceptors (Lipinski definition) is 16. The molecule has 95 heavy (non-hydrogen) atoms. The average Bonchev–Trinajstić information content (AvgIpc) is 1.17. The minimum Gasteiger partial charge on any atom is -0.508 e. The number of anilines is 3. The minimum atomic E-state index is -1.84. The summed E-state index contributed by atoms with van der Waals surface area (Å²) in [4.78, 5) is 67.2. The van der Waals surface area contributed by atoms with Crippen molar-refractivity contribution in [2.45, 2.75) is 57.0 Å². The molecule has 2 aliphatic rings. The topological polar surface area (TPSA) is 268 Å².